The average Bonchev–Trinajstić information content (AvgIpc) is 2.55. The van der Waals surface area contributed by atoms with E-state index < -0.39 is 35.7 Å². The number of rotatable bonds is 6. The summed E-state index contributed by atoms with van der Waals surface area (Å²) < 4.78 is 5.74. The normalized spacial score (nSPS) is 12.0. The number of esters is 1. The third-order valence-corrected chi connectivity index (χ3v) is 3.94. The molecule has 1 amide bonds. The Morgan fingerprint density at radius 2 is 2.04 bits per heavy atom. The van der Waals surface area contributed by atoms with Crippen LogP contribution in [0.15, 0.2) is 21.7 Å². The highest BCUT2D eigenvalue weighted by Gasteiger charge is 2.17. The van der Waals surface area contributed by atoms with E-state index in [4.69, 9.17) is 33.7 Å². The zero-order valence-electron chi connectivity index (χ0n) is 13.7. The first-order chi connectivity index (χ1) is 12.2. The number of aromatic amines is 1. The van der Waals surface area contributed by atoms with Gasteiger partial charge in [0.2, 0.25) is 5.91 Å². The molecule has 26 heavy (non-hydrogen) atoms. The van der Waals surface area contributed by atoms with Crippen LogP contribution in [-0.4, -0.2) is 40.6 Å². The van der Waals surface area contributed by atoms with Crippen LogP contribution in [0.5, 0.6) is 0 Å². The molecule has 0 bridgehead atoms. The van der Waals surface area contributed by atoms with E-state index in [0.29, 0.717) is 0 Å². The standard InChI is InChI=1S/C15H16Cl2N4O5/c1-2-26-14(24)9(18)5-19-11(22)6-21-10-4-7(16)3-8(17)12(10)13(23)20-15(21)25/h3-4,9H,2,5-6,18H2,1H3,(H,19,22)(H,20,23,25)/t9-/m0/s1. The van der Waals surface area contributed by atoms with Crippen molar-refractivity contribution in [3.63, 3.8) is 0 Å². The number of ether oxygens (including phenoxy) is 1. The highest BCUT2D eigenvalue weighted by molar-refractivity contribution is 6.38. The van der Waals surface area contributed by atoms with Gasteiger partial charge in [0.15, 0.2) is 0 Å². The summed E-state index contributed by atoms with van der Waals surface area (Å²) in [5.41, 5.74) is 4.21. The number of aromatic nitrogens is 2. The van der Waals surface area contributed by atoms with E-state index in [9.17, 15) is 19.2 Å². The van der Waals surface area contributed by atoms with Crippen molar-refractivity contribution in [2.24, 2.45) is 5.73 Å². The van der Waals surface area contributed by atoms with Crippen LogP contribution in [0.1, 0.15) is 6.92 Å². The van der Waals surface area contributed by atoms with Crippen LogP contribution >= 0.6 is 23.2 Å². The predicted octanol–water partition coefficient (Wildman–Crippen LogP) is 0.00320. The molecule has 0 aliphatic heterocycles. The fourth-order valence-electron chi connectivity index (χ4n) is 2.25. The predicted molar refractivity (Wildman–Crippen MR) is 96.5 cm³/mol. The van der Waals surface area contributed by atoms with Crippen molar-refractivity contribution in [3.05, 3.63) is 43.0 Å². The monoisotopic (exact) mass is 402 g/mol. The molecule has 0 radical (unpaired) electrons. The molecule has 1 aromatic carbocycles. The van der Waals surface area contributed by atoms with Crippen molar-refractivity contribution in [2.45, 2.75) is 19.5 Å². The third kappa shape index (κ3) is 4.43. The van der Waals surface area contributed by atoms with Crippen LogP contribution < -0.4 is 22.3 Å². The lowest BCUT2D eigenvalue weighted by Crippen LogP contribution is -2.45. The van der Waals surface area contributed by atoms with E-state index in [0.717, 1.165) is 4.57 Å². The van der Waals surface area contributed by atoms with Gasteiger partial charge in [-0.2, -0.15) is 0 Å². The number of H-pyrrole nitrogens is 1. The first-order valence-corrected chi connectivity index (χ1v) is 8.31. The summed E-state index contributed by atoms with van der Waals surface area (Å²) in [5.74, 6) is -1.26. The molecule has 0 aliphatic carbocycles. The fraction of sp³-hybridized carbons (Fsp3) is 0.333. The molecule has 2 rings (SSSR count). The molecule has 4 N–H and O–H groups in total. The Hall–Kier alpha value is -2.36. The van der Waals surface area contributed by atoms with Crippen molar-refractivity contribution in [1.29, 1.82) is 0 Å². The molecule has 0 spiro atoms. The van der Waals surface area contributed by atoms with Gasteiger partial charge in [0.1, 0.15) is 12.6 Å². The van der Waals surface area contributed by atoms with Gasteiger partial charge in [-0.3, -0.25) is 23.9 Å². The second-order valence-corrected chi connectivity index (χ2v) is 6.13. The Bertz CT molecular complexity index is 969. The van der Waals surface area contributed by atoms with Crippen LogP contribution in [0.2, 0.25) is 10.0 Å². The second kappa shape index (κ2) is 8.35. The number of nitrogens with one attached hydrogen (secondary N) is 2. The van der Waals surface area contributed by atoms with Gasteiger partial charge in [0.25, 0.3) is 5.56 Å². The summed E-state index contributed by atoms with van der Waals surface area (Å²) in [6.45, 7) is 1.20. The lowest BCUT2D eigenvalue weighted by atomic mass is 10.2. The minimum atomic E-state index is -1.04. The van der Waals surface area contributed by atoms with Gasteiger partial charge < -0.3 is 15.8 Å². The molecule has 1 heterocycles. The third-order valence-electron chi connectivity index (χ3n) is 3.43. The number of nitrogens with two attached hydrogens (primary N) is 1. The lowest BCUT2D eigenvalue weighted by Gasteiger charge is -2.13. The molecule has 0 unspecified atom stereocenters. The van der Waals surface area contributed by atoms with Crippen LogP contribution in [0.3, 0.4) is 0 Å². The summed E-state index contributed by atoms with van der Waals surface area (Å²) in [6, 6.07) is 1.68. The van der Waals surface area contributed by atoms with Gasteiger partial charge in [-0.05, 0) is 19.1 Å². The smallest absolute Gasteiger partial charge is 0.329 e. The molecule has 1 aromatic heterocycles. The first-order valence-electron chi connectivity index (χ1n) is 7.55. The maximum Gasteiger partial charge on any atom is 0.329 e. The van der Waals surface area contributed by atoms with Crippen LogP contribution in [0, 0.1) is 0 Å². The highest BCUT2D eigenvalue weighted by Crippen LogP contribution is 2.24. The molecule has 9 nitrogen and oxygen atoms in total. The second-order valence-electron chi connectivity index (χ2n) is 5.29. The quantitative estimate of drug-likeness (QED) is 0.581. The number of fused-ring (bicyclic) bond motifs is 1. The molecule has 1 atom stereocenters. The molecule has 2 aromatic rings. The number of nitrogens with zero attached hydrogens (tertiary/aromatic N) is 1. The molecule has 0 saturated heterocycles. The maximum atomic E-state index is 12.1. The summed E-state index contributed by atoms with van der Waals surface area (Å²) in [6.07, 6.45) is 0. The van der Waals surface area contributed by atoms with E-state index in [1.54, 1.807) is 6.92 Å². The minimum Gasteiger partial charge on any atom is -0.465 e. The van der Waals surface area contributed by atoms with Gasteiger partial charge in [0, 0.05) is 11.6 Å². The topological polar surface area (TPSA) is 136 Å². The SMILES string of the molecule is CCOC(=O)[C@@H](N)CNC(=O)Cn1c(=O)[nH]c(=O)c2c(Cl)cc(Cl)cc21. The van der Waals surface area contributed by atoms with E-state index in [1.165, 1.54) is 12.1 Å². The van der Waals surface area contributed by atoms with Crippen molar-refractivity contribution in [2.75, 3.05) is 13.2 Å². The number of hydrogen-bond donors (Lipinski definition) is 3. The number of carbonyl (C=O) groups excluding carboxylic acids is 2. The van der Waals surface area contributed by atoms with Gasteiger partial charge >= 0.3 is 11.7 Å². The van der Waals surface area contributed by atoms with Crippen LogP contribution in [0.4, 0.5) is 0 Å². The molecule has 0 aliphatic rings. The summed E-state index contributed by atoms with van der Waals surface area (Å²) in [5, 5.41) is 2.71. The Morgan fingerprint density at radius 1 is 1.35 bits per heavy atom. The number of halogens is 2. The Labute approximate surface area is 157 Å². The van der Waals surface area contributed by atoms with Crippen molar-refractivity contribution < 1.29 is 14.3 Å². The van der Waals surface area contributed by atoms with Crippen molar-refractivity contribution >= 4 is 46.0 Å². The average molecular weight is 403 g/mol. The zero-order chi connectivity index (χ0) is 19.4. The number of benzene rings is 1. The van der Waals surface area contributed by atoms with Gasteiger partial charge in [-0.15, -0.1) is 0 Å². The minimum absolute atomic E-state index is 0.0340. The molecule has 0 fully saturated rings. The van der Waals surface area contributed by atoms with Crippen LogP contribution in [-0.2, 0) is 20.9 Å². The van der Waals surface area contributed by atoms with Gasteiger partial charge in [0.05, 0.1) is 22.5 Å². The highest BCUT2D eigenvalue weighted by atomic mass is 35.5. The molecule has 140 valence electrons. The number of carbonyl (C=O) groups is 2. The molecular formula is C15H16Cl2N4O5. The van der Waals surface area contributed by atoms with Crippen molar-refractivity contribution in [3.8, 4) is 0 Å². The maximum absolute atomic E-state index is 12.1. The Balaban J connectivity index is 2.26. The molecule has 11 heteroatoms. The Morgan fingerprint density at radius 3 is 2.69 bits per heavy atom. The van der Waals surface area contributed by atoms with Crippen molar-refractivity contribution in [1.82, 2.24) is 14.9 Å². The number of hydrogen-bond acceptors (Lipinski definition) is 6. The van der Waals surface area contributed by atoms with E-state index in [-0.39, 0.29) is 34.1 Å². The molecule has 0 saturated carbocycles. The van der Waals surface area contributed by atoms with Gasteiger partial charge in [-0.25, -0.2) is 4.79 Å². The van der Waals surface area contributed by atoms with E-state index in [1.807, 2.05) is 0 Å². The summed E-state index contributed by atoms with van der Waals surface area (Å²) in [4.78, 5) is 49.7. The largest absolute Gasteiger partial charge is 0.465 e. The lowest BCUT2D eigenvalue weighted by molar-refractivity contribution is -0.144. The van der Waals surface area contributed by atoms with E-state index in [2.05, 4.69) is 10.3 Å². The van der Waals surface area contributed by atoms with Gasteiger partial charge in [-0.1, -0.05) is 23.2 Å². The Kier molecular flexibility index (Phi) is 6.41. The molecular weight excluding hydrogens is 387 g/mol. The zero-order valence-corrected chi connectivity index (χ0v) is 15.2. The first kappa shape index (κ1) is 20.0. The summed E-state index contributed by atoms with van der Waals surface area (Å²) in [7, 11) is 0. The van der Waals surface area contributed by atoms with Crippen LogP contribution in [0.25, 0.3) is 10.9 Å². The van der Waals surface area contributed by atoms with E-state index >= 15 is 0 Å². The number of amides is 1. The fourth-order valence-corrected chi connectivity index (χ4v) is 2.82. The summed E-state index contributed by atoms with van der Waals surface area (Å²) >= 11 is 11.9.